The highest BCUT2D eigenvalue weighted by Gasteiger charge is 2.29. The summed E-state index contributed by atoms with van der Waals surface area (Å²) in [5.74, 6) is 1.81. The number of rotatable bonds is 8. The third-order valence-electron chi connectivity index (χ3n) is 5.88. The van der Waals surface area contributed by atoms with E-state index in [1.165, 1.54) is 11.1 Å². The Bertz CT molecular complexity index is 1120. The van der Waals surface area contributed by atoms with Gasteiger partial charge in [-0.15, -0.1) is 0 Å². The third-order valence-corrected chi connectivity index (χ3v) is 5.88. The van der Waals surface area contributed by atoms with Gasteiger partial charge >= 0.3 is 0 Å². The van der Waals surface area contributed by atoms with Crippen molar-refractivity contribution in [1.82, 2.24) is 19.7 Å². The van der Waals surface area contributed by atoms with Crippen LogP contribution in [0, 0.1) is 12.8 Å². The Morgan fingerprint density at radius 1 is 1.19 bits per heavy atom. The van der Waals surface area contributed by atoms with E-state index in [1.54, 1.807) is 10.9 Å². The van der Waals surface area contributed by atoms with Crippen molar-refractivity contribution in [2.75, 3.05) is 28.7 Å². The molecule has 9 nitrogen and oxygen atoms in total. The van der Waals surface area contributed by atoms with Gasteiger partial charge in [0.15, 0.2) is 0 Å². The minimum Gasteiger partial charge on any atom is -0.394 e. The average molecular weight is 434 g/mol. The smallest absolute Gasteiger partial charge is 0.229 e. The third kappa shape index (κ3) is 4.43. The van der Waals surface area contributed by atoms with E-state index in [4.69, 9.17) is 10.1 Å². The second-order valence-electron chi connectivity index (χ2n) is 8.41. The second-order valence-corrected chi connectivity index (χ2v) is 8.41. The lowest BCUT2D eigenvalue weighted by Gasteiger charge is -2.19. The molecule has 0 radical (unpaired) electrons. The highest BCUT2D eigenvalue weighted by molar-refractivity contribution is 5.94. The number of carbonyl (C=O) groups excluding carboxylic acids is 1. The maximum atomic E-state index is 11.9. The first-order chi connectivity index (χ1) is 15.6. The minimum absolute atomic E-state index is 0.0401. The van der Waals surface area contributed by atoms with E-state index < -0.39 is 0 Å². The number of benzene rings is 1. The molecule has 5 rings (SSSR count). The molecule has 32 heavy (non-hydrogen) atoms. The second kappa shape index (κ2) is 8.58. The van der Waals surface area contributed by atoms with Crippen molar-refractivity contribution in [3.05, 3.63) is 53.5 Å². The number of hydrogen-bond acceptors (Lipinski definition) is 7. The highest BCUT2D eigenvalue weighted by atomic mass is 16.3. The van der Waals surface area contributed by atoms with Crippen molar-refractivity contribution in [3.8, 4) is 0 Å². The predicted molar refractivity (Wildman–Crippen MR) is 122 cm³/mol. The van der Waals surface area contributed by atoms with Gasteiger partial charge < -0.3 is 20.6 Å². The summed E-state index contributed by atoms with van der Waals surface area (Å²) in [6, 6.07) is 8.05. The Hall–Kier alpha value is -3.46. The van der Waals surface area contributed by atoms with Gasteiger partial charge in [-0.25, -0.2) is 4.98 Å². The summed E-state index contributed by atoms with van der Waals surface area (Å²) in [6.07, 6.45) is 6.45. The molecule has 1 saturated carbocycles. The summed E-state index contributed by atoms with van der Waals surface area (Å²) in [7, 11) is 0. The zero-order valence-electron chi connectivity index (χ0n) is 18.1. The minimum atomic E-state index is 0.0401. The number of aromatic nitrogens is 4. The van der Waals surface area contributed by atoms with Gasteiger partial charge in [0.05, 0.1) is 25.0 Å². The molecule has 0 unspecified atom stereocenters. The van der Waals surface area contributed by atoms with Gasteiger partial charge in [0.1, 0.15) is 5.82 Å². The van der Waals surface area contributed by atoms with Crippen molar-refractivity contribution in [2.45, 2.75) is 39.3 Å². The van der Waals surface area contributed by atoms with Crippen LogP contribution in [0.2, 0.25) is 0 Å². The number of aliphatic hydroxyl groups is 1. The molecule has 1 aliphatic carbocycles. The standard InChI is InChI=1S/C23H27N7O2/c1-15-20-8-9-29(13-16-2-6-18(7-3-16)26-22(32)17-4-5-17)21(20)28-23(25-15)27-19-12-24-30(14-19)10-11-31/h2-3,6-7,12,14,17,31H,4-5,8-11,13H2,1H3,(H,26,32)(H,25,27,28). The Morgan fingerprint density at radius 3 is 2.75 bits per heavy atom. The number of fused-ring (bicyclic) bond motifs is 1. The molecule has 9 heteroatoms. The molecule has 0 atom stereocenters. The van der Waals surface area contributed by atoms with E-state index in [9.17, 15) is 4.79 Å². The van der Waals surface area contributed by atoms with E-state index in [0.717, 1.165) is 55.2 Å². The van der Waals surface area contributed by atoms with Crippen LogP contribution in [-0.2, 0) is 24.3 Å². The molecule has 1 fully saturated rings. The van der Waals surface area contributed by atoms with Gasteiger partial charge in [-0.1, -0.05) is 12.1 Å². The molecule has 3 aromatic rings. The maximum absolute atomic E-state index is 11.9. The number of nitrogens with one attached hydrogen (secondary N) is 2. The molecular weight excluding hydrogens is 406 g/mol. The van der Waals surface area contributed by atoms with Gasteiger partial charge in [-0.3, -0.25) is 9.48 Å². The van der Waals surface area contributed by atoms with E-state index in [-0.39, 0.29) is 18.4 Å². The number of anilines is 4. The summed E-state index contributed by atoms with van der Waals surface area (Å²) in [6.45, 7) is 4.14. The summed E-state index contributed by atoms with van der Waals surface area (Å²) in [4.78, 5) is 23.6. The molecule has 0 spiro atoms. The number of carbonyl (C=O) groups is 1. The van der Waals surface area contributed by atoms with Gasteiger partial charge in [0.2, 0.25) is 11.9 Å². The number of hydrogen-bond donors (Lipinski definition) is 3. The zero-order valence-corrected chi connectivity index (χ0v) is 18.1. The number of aryl methyl sites for hydroxylation is 1. The predicted octanol–water partition coefficient (Wildman–Crippen LogP) is 2.63. The summed E-state index contributed by atoms with van der Waals surface area (Å²) >= 11 is 0. The van der Waals surface area contributed by atoms with E-state index >= 15 is 0 Å². The van der Waals surface area contributed by atoms with Crippen LogP contribution in [0.1, 0.15) is 29.7 Å². The van der Waals surface area contributed by atoms with Gasteiger partial charge in [0, 0.05) is 42.1 Å². The summed E-state index contributed by atoms with van der Waals surface area (Å²) < 4.78 is 1.67. The van der Waals surface area contributed by atoms with Gasteiger partial charge in [-0.2, -0.15) is 10.1 Å². The van der Waals surface area contributed by atoms with Crippen LogP contribution < -0.4 is 15.5 Å². The Balaban J connectivity index is 1.28. The molecule has 166 valence electrons. The Morgan fingerprint density at radius 2 is 2.00 bits per heavy atom. The molecule has 3 N–H and O–H groups in total. The monoisotopic (exact) mass is 433 g/mol. The molecule has 0 saturated heterocycles. The molecular formula is C23H27N7O2. The van der Waals surface area contributed by atoms with Crippen molar-refractivity contribution in [2.24, 2.45) is 5.92 Å². The quantitative estimate of drug-likeness (QED) is 0.501. The normalized spacial score (nSPS) is 15.0. The zero-order chi connectivity index (χ0) is 22.1. The van der Waals surface area contributed by atoms with Crippen molar-refractivity contribution < 1.29 is 9.90 Å². The first kappa shape index (κ1) is 20.4. The lowest BCUT2D eigenvalue weighted by Crippen LogP contribution is -2.21. The molecule has 1 amide bonds. The lowest BCUT2D eigenvalue weighted by atomic mass is 10.2. The van der Waals surface area contributed by atoms with Gasteiger partial charge in [0.25, 0.3) is 0 Å². The first-order valence-electron chi connectivity index (χ1n) is 11.0. The van der Waals surface area contributed by atoms with Crippen LogP contribution in [-0.4, -0.2) is 43.9 Å². The Kier molecular flexibility index (Phi) is 5.48. The molecule has 2 aromatic heterocycles. The summed E-state index contributed by atoms with van der Waals surface area (Å²) in [5, 5.41) is 19.5. The number of nitrogens with zero attached hydrogens (tertiary/aromatic N) is 5. The van der Waals surface area contributed by atoms with Crippen molar-refractivity contribution in [3.63, 3.8) is 0 Å². The van der Waals surface area contributed by atoms with E-state index in [2.05, 4.69) is 37.7 Å². The average Bonchev–Trinajstić information content (AvgIpc) is 3.43. The van der Waals surface area contributed by atoms with Crippen LogP contribution in [0.25, 0.3) is 0 Å². The topological polar surface area (TPSA) is 108 Å². The van der Waals surface area contributed by atoms with E-state index in [0.29, 0.717) is 12.5 Å². The first-order valence-corrected chi connectivity index (χ1v) is 11.0. The van der Waals surface area contributed by atoms with E-state index in [1.807, 2.05) is 25.3 Å². The lowest BCUT2D eigenvalue weighted by molar-refractivity contribution is -0.117. The fraction of sp³-hybridized carbons (Fsp3) is 0.391. The Labute approximate surface area is 186 Å². The number of amides is 1. The van der Waals surface area contributed by atoms with Crippen LogP contribution in [0.4, 0.5) is 23.1 Å². The highest BCUT2D eigenvalue weighted by Crippen LogP contribution is 2.32. The van der Waals surface area contributed by atoms with Crippen molar-refractivity contribution >= 4 is 29.0 Å². The largest absolute Gasteiger partial charge is 0.394 e. The molecule has 0 bridgehead atoms. The van der Waals surface area contributed by atoms with Crippen LogP contribution in [0.5, 0.6) is 0 Å². The van der Waals surface area contributed by atoms with Crippen LogP contribution in [0.15, 0.2) is 36.7 Å². The molecule has 1 aromatic carbocycles. The van der Waals surface area contributed by atoms with Crippen LogP contribution >= 0.6 is 0 Å². The molecule has 1 aliphatic heterocycles. The molecule has 2 aliphatic rings. The van der Waals surface area contributed by atoms with Gasteiger partial charge in [-0.05, 0) is 43.9 Å². The summed E-state index contributed by atoms with van der Waals surface area (Å²) in [5.41, 5.74) is 4.95. The fourth-order valence-electron chi connectivity index (χ4n) is 3.98. The maximum Gasteiger partial charge on any atom is 0.229 e. The molecule has 3 heterocycles. The fourth-order valence-corrected chi connectivity index (χ4v) is 3.98. The number of aliphatic hydroxyl groups excluding tert-OH is 1. The van der Waals surface area contributed by atoms with Crippen LogP contribution in [0.3, 0.4) is 0 Å². The van der Waals surface area contributed by atoms with Crippen molar-refractivity contribution in [1.29, 1.82) is 0 Å². The SMILES string of the molecule is Cc1nc(Nc2cnn(CCO)c2)nc2c1CCN2Cc1ccc(NC(=O)C2CC2)cc1.